The number of carbonyl (C=O) groups is 1. The first-order valence-corrected chi connectivity index (χ1v) is 3.75. The van der Waals surface area contributed by atoms with Crippen LogP contribution in [0.2, 0.25) is 0 Å². The molecule has 0 bridgehead atoms. The van der Waals surface area contributed by atoms with Gasteiger partial charge >= 0.3 is 0 Å². The van der Waals surface area contributed by atoms with Crippen LogP contribution in [0.25, 0.3) is 0 Å². The van der Waals surface area contributed by atoms with E-state index in [0.29, 0.717) is 5.75 Å². The highest BCUT2D eigenvalue weighted by atomic mass is 32.2. The number of nitrogens with one attached hydrogen (secondary N) is 1. The molecule has 5 heteroatoms. The summed E-state index contributed by atoms with van der Waals surface area (Å²) in [5.74, 6) is 0.550. The minimum Gasteiger partial charge on any atom is -0.500 e. The lowest BCUT2D eigenvalue weighted by atomic mass is 10.4. The summed E-state index contributed by atoms with van der Waals surface area (Å²) in [6, 6.07) is -0.308. The average molecular weight is 163 g/mol. The fourth-order valence-corrected chi connectivity index (χ4v) is 1.55. The van der Waals surface area contributed by atoms with Gasteiger partial charge in [-0.1, -0.05) is 11.8 Å². The quantitative estimate of drug-likeness (QED) is 0.559. The molecule has 1 saturated heterocycles. The van der Waals surface area contributed by atoms with E-state index in [9.17, 15) is 4.79 Å². The molecule has 0 aromatic heterocycles. The molecule has 1 atom stereocenters. The van der Waals surface area contributed by atoms with E-state index >= 15 is 0 Å². The van der Waals surface area contributed by atoms with Gasteiger partial charge in [0.1, 0.15) is 6.04 Å². The molecule has 9 heavy (non-hydrogen) atoms. The van der Waals surface area contributed by atoms with Crippen molar-refractivity contribution in [2.45, 2.75) is 6.04 Å². The summed E-state index contributed by atoms with van der Waals surface area (Å²) in [5, 5.41) is 10.9. The monoisotopic (exact) mass is 163 g/mol. The molecule has 3 nitrogen and oxygen atoms in total. The molecule has 0 aromatic carbocycles. The summed E-state index contributed by atoms with van der Waals surface area (Å²) < 4.78 is 0. The Labute approximate surface area is 61.8 Å². The second-order valence-electron chi connectivity index (χ2n) is 1.63. The number of amides is 1. The number of hydrogen-bond acceptors (Lipinski definition) is 3. The predicted molar refractivity (Wildman–Crippen MR) is 40.0 cm³/mol. The minimum absolute atomic E-state index is 0.114. The van der Waals surface area contributed by atoms with Crippen LogP contribution in [0.1, 0.15) is 0 Å². The molecule has 1 aliphatic rings. The van der Waals surface area contributed by atoms with E-state index in [4.69, 9.17) is 5.11 Å². The number of aliphatic hydroxyl groups excluding tert-OH is 1. The van der Waals surface area contributed by atoms with E-state index in [1.165, 1.54) is 0 Å². The second kappa shape index (κ2) is 2.53. The molecule has 1 fully saturated rings. The lowest BCUT2D eigenvalue weighted by Gasteiger charge is -2.01. The maximum absolute atomic E-state index is 10.4. The predicted octanol–water partition coefficient (Wildman–Crippen LogP) is 0.697. The summed E-state index contributed by atoms with van der Waals surface area (Å²) in [7, 11) is 0. The van der Waals surface area contributed by atoms with Gasteiger partial charge in [-0.25, -0.2) is 0 Å². The molecule has 1 amide bonds. The maximum Gasteiger partial charge on any atom is 0.279 e. The van der Waals surface area contributed by atoms with Crippen LogP contribution in [0.15, 0.2) is 0 Å². The molecule has 1 rings (SSSR count). The van der Waals surface area contributed by atoms with Gasteiger partial charge in [0.15, 0.2) is 5.05 Å². The Morgan fingerprint density at radius 1 is 2.00 bits per heavy atom. The zero-order chi connectivity index (χ0) is 6.85. The summed E-state index contributed by atoms with van der Waals surface area (Å²) in [5.41, 5.74) is 0. The summed E-state index contributed by atoms with van der Waals surface area (Å²) in [6.07, 6.45) is 0. The Morgan fingerprint density at radius 3 is 2.89 bits per heavy atom. The van der Waals surface area contributed by atoms with E-state index in [-0.39, 0.29) is 16.3 Å². The molecule has 0 saturated carbocycles. The topological polar surface area (TPSA) is 49.3 Å². The Morgan fingerprint density at radius 2 is 2.67 bits per heavy atom. The largest absolute Gasteiger partial charge is 0.500 e. The van der Waals surface area contributed by atoms with Crippen molar-refractivity contribution in [3.63, 3.8) is 0 Å². The van der Waals surface area contributed by atoms with E-state index in [1.54, 1.807) is 0 Å². The van der Waals surface area contributed by atoms with Crippen molar-refractivity contribution in [2.75, 3.05) is 5.75 Å². The van der Waals surface area contributed by atoms with E-state index in [1.807, 2.05) is 0 Å². The van der Waals surface area contributed by atoms with Crippen molar-refractivity contribution in [1.82, 2.24) is 5.32 Å². The van der Waals surface area contributed by atoms with E-state index < -0.39 is 0 Å². The molecule has 2 N–H and O–H groups in total. The molecule has 0 aromatic rings. The molecule has 0 spiro atoms. The van der Waals surface area contributed by atoms with Crippen LogP contribution in [0.3, 0.4) is 0 Å². The van der Waals surface area contributed by atoms with Gasteiger partial charge in [-0.2, -0.15) is 0 Å². The van der Waals surface area contributed by atoms with Crippen molar-refractivity contribution >= 4 is 34.3 Å². The molecule has 50 valence electrons. The zero-order valence-corrected chi connectivity index (χ0v) is 6.09. The third-order valence-electron chi connectivity index (χ3n) is 0.971. The first-order chi connectivity index (χ1) is 4.20. The first-order valence-electron chi connectivity index (χ1n) is 2.36. The van der Waals surface area contributed by atoms with Crippen molar-refractivity contribution in [2.24, 2.45) is 0 Å². The van der Waals surface area contributed by atoms with Crippen LogP contribution < -0.4 is 5.32 Å². The minimum atomic E-state index is -0.308. The molecule has 0 radical (unpaired) electrons. The fraction of sp³-hybridized carbons (Fsp3) is 0.500. The van der Waals surface area contributed by atoms with Crippen LogP contribution in [0.5, 0.6) is 0 Å². The number of aliphatic hydroxyl groups is 1. The third kappa shape index (κ3) is 1.56. The number of carbonyl (C=O) groups excluding carboxylic acids is 1. The Bertz CT molecular complexity index is 159. The van der Waals surface area contributed by atoms with Gasteiger partial charge in [-0.05, 0) is 12.2 Å². The third-order valence-corrected chi connectivity index (χ3v) is 2.14. The van der Waals surface area contributed by atoms with E-state index in [2.05, 4.69) is 17.5 Å². The lowest BCUT2D eigenvalue weighted by Crippen LogP contribution is -2.32. The van der Waals surface area contributed by atoms with Crippen molar-refractivity contribution in [3.05, 3.63) is 0 Å². The molecular formula is C4H5NO2S2. The molecule has 1 unspecified atom stereocenters. The smallest absolute Gasteiger partial charge is 0.279 e. The standard InChI is InChI=1S/C4H5NO2S2/c6-3(8)2-1-9-4(7)5-2/h2H,1H2,(H,5,7)(H,6,8). The number of thioether (sulfide) groups is 1. The average Bonchev–Trinajstić information content (AvgIpc) is 2.14. The number of thiocarbonyl (C=S) groups is 1. The van der Waals surface area contributed by atoms with Gasteiger partial charge in [0.2, 0.25) is 0 Å². The highest BCUT2D eigenvalue weighted by Crippen LogP contribution is 2.12. The molecular weight excluding hydrogens is 158 g/mol. The van der Waals surface area contributed by atoms with E-state index in [0.717, 1.165) is 11.8 Å². The van der Waals surface area contributed by atoms with Gasteiger partial charge in [0.05, 0.1) is 0 Å². The first kappa shape index (κ1) is 6.82. The van der Waals surface area contributed by atoms with Crippen LogP contribution >= 0.6 is 24.0 Å². The Hall–Kier alpha value is -0.290. The van der Waals surface area contributed by atoms with Crippen molar-refractivity contribution < 1.29 is 9.90 Å². The highest BCUT2D eigenvalue weighted by Gasteiger charge is 2.24. The Kier molecular flexibility index (Phi) is 1.92. The SMILES string of the molecule is O=C1NC(C(O)=S)CS1. The van der Waals surface area contributed by atoms with Crippen molar-refractivity contribution in [3.8, 4) is 0 Å². The van der Waals surface area contributed by atoms with Gasteiger partial charge in [-0.3, -0.25) is 4.79 Å². The maximum atomic E-state index is 10.4. The summed E-state index contributed by atoms with van der Waals surface area (Å²) >= 11 is 5.57. The van der Waals surface area contributed by atoms with Gasteiger partial charge in [0.25, 0.3) is 5.24 Å². The Balaban J connectivity index is 2.48. The van der Waals surface area contributed by atoms with Crippen LogP contribution in [0, 0.1) is 0 Å². The van der Waals surface area contributed by atoms with Gasteiger partial charge in [-0.15, -0.1) is 0 Å². The normalized spacial score (nSPS) is 25.8. The number of rotatable bonds is 1. The zero-order valence-electron chi connectivity index (χ0n) is 4.46. The van der Waals surface area contributed by atoms with Crippen LogP contribution in [-0.2, 0) is 0 Å². The van der Waals surface area contributed by atoms with Gasteiger partial charge in [0, 0.05) is 5.75 Å². The highest BCUT2D eigenvalue weighted by molar-refractivity contribution is 8.14. The van der Waals surface area contributed by atoms with Crippen LogP contribution in [0.4, 0.5) is 4.79 Å². The summed E-state index contributed by atoms with van der Waals surface area (Å²) in [4.78, 5) is 10.4. The number of hydrogen-bond donors (Lipinski definition) is 2. The summed E-state index contributed by atoms with van der Waals surface area (Å²) in [6.45, 7) is 0. The second-order valence-corrected chi connectivity index (χ2v) is 3.04. The molecule has 0 aliphatic carbocycles. The van der Waals surface area contributed by atoms with Crippen molar-refractivity contribution in [1.29, 1.82) is 0 Å². The van der Waals surface area contributed by atoms with Crippen LogP contribution in [-0.4, -0.2) is 27.2 Å². The lowest BCUT2D eigenvalue weighted by molar-refractivity contribution is 0.261. The molecule has 1 aliphatic heterocycles. The molecule has 1 heterocycles. The fourth-order valence-electron chi connectivity index (χ4n) is 0.518. The van der Waals surface area contributed by atoms with Gasteiger partial charge < -0.3 is 10.4 Å².